The summed E-state index contributed by atoms with van der Waals surface area (Å²) in [6, 6.07) is 17.8. The Morgan fingerprint density at radius 2 is 1.76 bits per heavy atom. The lowest BCUT2D eigenvalue weighted by molar-refractivity contribution is 0.0126. The van der Waals surface area contributed by atoms with Crippen LogP contribution in [-0.4, -0.2) is 52.2 Å². The number of pyridine rings is 1. The fraction of sp³-hybridized carbons (Fsp3) is 0.276. The Bertz CT molecular complexity index is 1410. The molecular formula is C29H30FN5O2. The van der Waals surface area contributed by atoms with Gasteiger partial charge in [-0.1, -0.05) is 32.0 Å². The number of hydrogen-bond acceptors (Lipinski definition) is 5. The van der Waals surface area contributed by atoms with E-state index in [1.807, 2.05) is 30.1 Å². The van der Waals surface area contributed by atoms with Gasteiger partial charge in [-0.2, -0.15) is 0 Å². The van der Waals surface area contributed by atoms with Crippen molar-refractivity contribution in [3.63, 3.8) is 0 Å². The van der Waals surface area contributed by atoms with Gasteiger partial charge in [-0.05, 0) is 55.0 Å². The molecule has 1 aliphatic rings. The lowest BCUT2D eigenvalue weighted by Gasteiger charge is -2.26. The number of aromatic amines is 1. The molecule has 2 aromatic heterocycles. The van der Waals surface area contributed by atoms with E-state index in [1.165, 1.54) is 6.07 Å². The van der Waals surface area contributed by atoms with E-state index in [0.717, 1.165) is 34.2 Å². The summed E-state index contributed by atoms with van der Waals surface area (Å²) in [6.07, 6.45) is 0. The van der Waals surface area contributed by atoms with Gasteiger partial charge in [0.2, 0.25) is 0 Å². The van der Waals surface area contributed by atoms with Gasteiger partial charge in [0.05, 0.1) is 30.3 Å². The van der Waals surface area contributed by atoms with Gasteiger partial charge in [-0.3, -0.25) is 15.2 Å². The van der Waals surface area contributed by atoms with Crippen molar-refractivity contribution in [1.82, 2.24) is 25.4 Å². The topological polar surface area (TPSA) is 83.1 Å². The summed E-state index contributed by atoms with van der Waals surface area (Å²) >= 11 is 0. The van der Waals surface area contributed by atoms with E-state index < -0.39 is 0 Å². The first-order valence-corrected chi connectivity index (χ1v) is 12.5. The zero-order valence-corrected chi connectivity index (χ0v) is 21.2. The van der Waals surface area contributed by atoms with Crippen LogP contribution < -0.4 is 5.43 Å². The number of carbonyl (C=O) groups excluding carboxylic acids is 1. The molecule has 4 aromatic rings. The van der Waals surface area contributed by atoms with Gasteiger partial charge in [0, 0.05) is 41.4 Å². The molecule has 1 fully saturated rings. The largest absolute Gasteiger partial charge is 0.379 e. The molecule has 0 spiro atoms. The van der Waals surface area contributed by atoms with Gasteiger partial charge in [0.1, 0.15) is 11.6 Å². The lowest BCUT2D eigenvalue weighted by Crippen LogP contribution is -2.48. The van der Waals surface area contributed by atoms with E-state index in [4.69, 9.17) is 9.72 Å². The van der Waals surface area contributed by atoms with Crippen molar-refractivity contribution in [2.24, 2.45) is 0 Å². The Labute approximate surface area is 215 Å². The summed E-state index contributed by atoms with van der Waals surface area (Å²) in [5.74, 6) is 0.489. The third-order valence-electron chi connectivity index (χ3n) is 6.38. The Hall–Kier alpha value is -3.88. The van der Waals surface area contributed by atoms with Gasteiger partial charge in [0.25, 0.3) is 5.91 Å². The highest BCUT2D eigenvalue weighted by Gasteiger charge is 2.19. The second-order valence-corrected chi connectivity index (χ2v) is 9.48. The summed E-state index contributed by atoms with van der Waals surface area (Å²) < 4.78 is 20.3. The summed E-state index contributed by atoms with van der Waals surface area (Å²) in [7, 11) is 0. The van der Waals surface area contributed by atoms with Crippen molar-refractivity contribution in [2.45, 2.75) is 26.7 Å². The number of nitrogens with zero attached hydrogens (tertiary/aromatic N) is 3. The van der Waals surface area contributed by atoms with Gasteiger partial charge < -0.3 is 9.72 Å². The molecule has 0 radical (unpaired) electrons. The van der Waals surface area contributed by atoms with Gasteiger partial charge in [-0.25, -0.2) is 14.4 Å². The summed E-state index contributed by atoms with van der Waals surface area (Å²) in [6.45, 7) is 8.56. The summed E-state index contributed by atoms with van der Waals surface area (Å²) in [5.41, 5.74) is 8.53. The zero-order chi connectivity index (χ0) is 25.9. The molecule has 1 saturated heterocycles. The number of rotatable bonds is 6. The first-order chi connectivity index (χ1) is 17.9. The van der Waals surface area contributed by atoms with Crippen molar-refractivity contribution in [1.29, 1.82) is 0 Å². The first kappa shape index (κ1) is 24.8. The first-order valence-electron chi connectivity index (χ1n) is 12.5. The molecule has 37 heavy (non-hydrogen) atoms. The van der Waals surface area contributed by atoms with E-state index in [9.17, 15) is 4.79 Å². The summed E-state index contributed by atoms with van der Waals surface area (Å²) in [5, 5.41) is 1.85. The lowest BCUT2D eigenvalue weighted by atomic mass is 9.99. The van der Waals surface area contributed by atoms with Crippen LogP contribution in [0.4, 0.5) is 4.39 Å². The molecule has 7 nitrogen and oxygen atoms in total. The van der Waals surface area contributed by atoms with Crippen molar-refractivity contribution in [3.8, 4) is 33.8 Å². The monoisotopic (exact) mass is 499 g/mol. The highest BCUT2D eigenvalue weighted by molar-refractivity contribution is 5.94. The number of H-pyrrole nitrogens is 1. The average molecular weight is 500 g/mol. The van der Waals surface area contributed by atoms with Crippen molar-refractivity contribution >= 4 is 5.91 Å². The number of aryl methyl sites for hydroxylation is 1. The van der Waals surface area contributed by atoms with Crippen LogP contribution in [-0.2, 0) is 4.74 Å². The molecule has 5 rings (SSSR count). The second-order valence-electron chi connectivity index (χ2n) is 9.48. The average Bonchev–Trinajstić information content (AvgIpc) is 3.36. The van der Waals surface area contributed by atoms with Crippen LogP contribution in [0.25, 0.3) is 33.8 Å². The van der Waals surface area contributed by atoms with Crippen LogP contribution in [0.3, 0.4) is 0 Å². The Kier molecular flexibility index (Phi) is 7.12. The van der Waals surface area contributed by atoms with Crippen molar-refractivity contribution in [2.75, 3.05) is 26.3 Å². The molecule has 0 saturated carbocycles. The minimum Gasteiger partial charge on any atom is -0.379 e. The number of benzene rings is 2. The molecule has 0 unspecified atom stereocenters. The number of ether oxygens (including phenoxy) is 1. The number of hydrogen-bond donors (Lipinski definition) is 2. The highest BCUT2D eigenvalue weighted by atomic mass is 19.1. The Morgan fingerprint density at radius 1 is 1.03 bits per heavy atom. The molecule has 1 amide bonds. The van der Waals surface area contributed by atoms with Crippen molar-refractivity contribution in [3.05, 3.63) is 83.6 Å². The molecule has 0 aliphatic carbocycles. The van der Waals surface area contributed by atoms with Gasteiger partial charge >= 0.3 is 0 Å². The van der Waals surface area contributed by atoms with Crippen LogP contribution in [0.15, 0.2) is 60.7 Å². The van der Waals surface area contributed by atoms with E-state index in [-0.39, 0.29) is 17.6 Å². The van der Waals surface area contributed by atoms with Crippen LogP contribution >= 0.6 is 0 Å². The fourth-order valence-electron chi connectivity index (χ4n) is 4.32. The number of hydrazine groups is 1. The standard InChI is InChI=1S/C29H30FN5O2/c1-18(2)28-32-26(27(33-28)25-6-4-5-19(3)31-25)22-11-12-24(30)23(17-22)20-7-9-21(10-8-20)29(36)34-35-13-15-37-16-14-35/h4-12,17-18H,13-16H2,1-3H3,(H,32,33)(H,34,36). The van der Waals surface area contributed by atoms with Crippen molar-refractivity contribution < 1.29 is 13.9 Å². The molecule has 2 aromatic carbocycles. The van der Waals surface area contributed by atoms with E-state index in [2.05, 4.69) is 29.2 Å². The second kappa shape index (κ2) is 10.6. The molecule has 2 N–H and O–H groups in total. The number of imidazole rings is 1. The molecule has 0 bridgehead atoms. The SMILES string of the molecule is Cc1cccc(-c2[nH]c(C(C)C)nc2-c2ccc(F)c(-c3ccc(C(=O)NN4CCOCC4)cc3)c2)n1. The quantitative estimate of drug-likeness (QED) is 0.374. The predicted octanol–water partition coefficient (Wildman–Crippen LogP) is 5.35. The van der Waals surface area contributed by atoms with Gasteiger partial charge in [0.15, 0.2) is 0 Å². The molecule has 0 atom stereocenters. The van der Waals surface area contributed by atoms with E-state index >= 15 is 4.39 Å². The Balaban J connectivity index is 1.46. The molecule has 8 heteroatoms. The van der Waals surface area contributed by atoms with Crippen LogP contribution in [0.5, 0.6) is 0 Å². The predicted molar refractivity (Wildman–Crippen MR) is 141 cm³/mol. The smallest absolute Gasteiger partial charge is 0.265 e. The maximum absolute atomic E-state index is 15.0. The summed E-state index contributed by atoms with van der Waals surface area (Å²) in [4.78, 5) is 25.6. The minimum absolute atomic E-state index is 0.188. The molecule has 1 aliphatic heterocycles. The van der Waals surface area contributed by atoms with E-state index in [1.54, 1.807) is 36.4 Å². The molecule has 3 heterocycles. The molecule has 190 valence electrons. The number of amides is 1. The number of carbonyl (C=O) groups is 1. The fourth-order valence-corrected chi connectivity index (χ4v) is 4.32. The Morgan fingerprint density at radius 3 is 2.46 bits per heavy atom. The maximum Gasteiger partial charge on any atom is 0.265 e. The zero-order valence-electron chi connectivity index (χ0n) is 21.2. The number of nitrogens with one attached hydrogen (secondary N) is 2. The van der Waals surface area contributed by atoms with Crippen LogP contribution in [0.1, 0.15) is 41.6 Å². The van der Waals surface area contributed by atoms with E-state index in [0.29, 0.717) is 43.0 Å². The minimum atomic E-state index is -0.343. The van der Waals surface area contributed by atoms with Gasteiger partial charge in [-0.15, -0.1) is 0 Å². The molecular weight excluding hydrogens is 469 g/mol. The number of halogens is 1. The maximum atomic E-state index is 15.0. The third kappa shape index (κ3) is 5.45. The third-order valence-corrected chi connectivity index (χ3v) is 6.38. The normalized spacial score (nSPS) is 14.2. The number of morpholine rings is 1. The van der Waals surface area contributed by atoms with Crippen LogP contribution in [0, 0.1) is 12.7 Å². The highest BCUT2D eigenvalue weighted by Crippen LogP contribution is 2.34. The number of aromatic nitrogens is 3. The van der Waals surface area contributed by atoms with Crippen LogP contribution in [0.2, 0.25) is 0 Å².